The molecule has 0 atom stereocenters. The zero-order valence-electron chi connectivity index (χ0n) is 13.5. The van der Waals surface area contributed by atoms with Crippen molar-refractivity contribution in [2.45, 2.75) is 30.6 Å². The van der Waals surface area contributed by atoms with Crippen LogP contribution in [0, 0.1) is 17.5 Å². The van der Waals surface area contributed by atoms with Gasteiger partial charge in [0.2, 0.25) is 0 Å². The first-order valence-electron chi connectivity index (χ1n) is 8.05. The molecule has 1 aromatic rings. The van der Waals surface area contributed by atoms with Crippen molar-refractivity contribution in [1.29, 1.82) is 0 Å². The van der Waals surface area contributed by atoms with Gasteiger partial charge in [-0.25, -0.2) is 22.8 Å². The van der Waals surface area contributed by atoms with Crippen LogP contribution in [0.15, 0.2) is 12.1 Å². The van der Waals surface area contributed by atoms with Crippen LogP contribution in [0.1, 0.15) is 12.8 Å². The van der Waals surface area contributed by atoms with E-state index in [9.17, 15) is 22.8 Å². The van der Waals surface area contributed by atoms with Crippen molar-refractivity contribution in [3.63, 3.8) is 0 Å². The topological polar surface area (TPSA) is 77.1 Å². The van der Waals surface area contributed by atoms with Gasteiger partial charge in [0, 0.05) is 25.0 Å². The van der Waals surface area contributed by atoms with Crippen molar-refractivity contribution in [3.05, 3.63) is 29.6 Å². The average Bonchev–Trinajstić information content (AvgIpc) is 2.91. The Morgan fingerprint density at radius 2 is 1.85 bits per heavy atom. The second kappa shape index (κ2) is 5.96. The van der Waals surface area contributed by atoms with Crippen LogP contribution in [-0.4, -0.2) is 54.5 Å². The highest BCUT2D eigenvalue weighted by atomic mass is 19.2. The standard InChI is InChI=1S/C16H15F3N2O5/c17-10-3-12(19)13(4-11(10)18)25-8-1-9(2-8)26-15(23)21-5-16(6-21)7-24-14(22)20-16/h3-4,8-9H,1-2,5-7H2,(H,20,22). The minimum Gasteiger partial charge on any atom is -0.487 e. The van der Waals surface area contributed by atoms with Gasteiger partial charge in [-0.1, -0.05) is 0 Å². The molecular weight excluding hydrogens is 357 g/mol. The summed E-state index contributed by atoms with van der Waals surface area (Å²) in [5.74, 6) is -3.85. The van der Waals surface area contributed by atoms with Gasteiger partial charge in [0.05, 0.1) is 13.1 Å². The maximum absolute atomic E-state index is 13.5. The Morgan fingerprint density at radius 3 is 2.50 bits per heavy atom. The Balaban J connectivity index is 1.22. The maximum atomic E-state index is 13.5. The Kier molecular flexibility index (Phi) is 3.85. The van der Waals surface area contributed by atoms with Crippen molar-refractivity contribution in [2.75, 3.05) is 19.7 Å². The number of benzene rings is 1. The monoisotopic (exact) mass is 372 g/mol. The van der Waals surface area contributed by atoms with Crippen LogP contribution >= 0.6 is 0 Å². The summed E-state index contributed by atoms with van der Waals surface area (Å²) in [6.07, 6.45) is -1.21. The molecule has 0 bridgehead atoms. The quantitative estimate of drug-likeness (QED) is 0.821. The molecule has 140 valence electrons. The number of nitrogens with zero attached hydrogens (tertiary/aromatic N) is 1. The highest BCUT2D eigenvalue weighted by Gasteiger charge is 2.52. The summed E-state index contributed by atoms with van der Waals surface area (Å²) in [5, 5.41) is 2.66. The van der Waals surface area contributed by atoms with E-state index in [0.717, 1.165) is 0 Å². The summed E-state index contributed by atoms with van der Waals surface area (Å²) < 4.78 is 54.9. The molecule has 26 heavy (non-hydrogen) atoms. The number of cyclic esters (lactones) is 1. The van der Waals surface area contributed by atoms with E-state index in [0.29, 0.717) is 38.1 Å². The van der Waals surface area contributed by atoms with Crippen molar-refractivity contribution >= 4 is 12.2 Å². The highest BCUT2D eigenvalue weighted by molar-refractivity contribution is 5.74. The van der Waals surface area contributed by atoms with Crippen LogP contribution in [0.4, 0.5) is 22.8 Å². The van der Waals surface area contributed by atoms with E-state index in [1.807, 2.05) is 0 Å². The fourth-order valence-electron chi connectivity index (χ4n) is 3.18. The number of rotatable bonds is 3. The number of amides is 2. The smallest absolute Gasteiger partial charge is 0.410 e. The van der Waals surface area contributed by atoms with Crippen LogP contribution in [0.3, 0.4) is 0 Å². The zero-order chi connectivity index (χ0) is 18.5. The first-order valence-corrected chi connectivity index (χ1v) is 8.05. The Labute approximate surface area is 146 Å². The van der Waals surface area contributed by atoms with Crippen LogP contribution in [0.25, 0.3) is 0 Å². The Bertz CT molecular complexity index is 762. The number of carbonyl (C=O) groups excluding carboxylic acids is 2. The normalized spacial score (nSPS) is 25.8. The SMILES string of the molecule is O=C1NC2(CO1)CN(C(=O)OC1CC(Oc3cc(F)c(F)cc3F)C1)C2. The van der Waals surface area contributed by atoms with E-state index in [2.05, 4.69) is 5.32 Å². The highest BCUT2D eigenvalue weighted by Crippen LogP contribution is 2.32. The minimum absolute atomic E-state index is 0.217. The van der Waals surface area contributed by atoms with Crippen molar-refractivity contribution in [2.24, 2.45) is 0 Å². The number of hydrogen-bond acceptors (Lipinski definition) is 5. The van der Waals surface area contributed by atoms with Crippen LogP contribution in [0.5, 0.6) is 5.75 Å². The summed E-state index contributed by atoms with van der Waals surface area (Å²) >= 11 is 0. The van der Waals surface area contributed by atoms with Gasteiger partial charge in [-0.05, 0) is 0 Å². The number of ether oxygens (including phenoxy) is 3. The number of halogens is 3. The van der Waals surface area contributed by atoms with E-state index in [1.165, 1.54) is 4.90 Å². The lowest BCUT2D eigenvalue weighted by molar-refractivity contribution is -0.0509. The summed E-state index contributed by atoms with van der Waals surface area (Å²) in [7, 11) is 0. The number of hydrogen-bond donors (Lipinski definition) is 1. The molecule has 0 radical (unpaired) electrons. The molecule has 2 aliphatic heterocycles. The van der Waals surface area contributed by atoms with Crippen LogP contribution < -0.4 is 10.1 Å². The number of alkyl carbamates (subject to hydrolysis) is 1. The number of likely N-dealkylation sites (tertiary alicyclic amines) is 1. The van der Waals surface area contributed by atoms with Gasteiger partial charge in [0.15, 0.2) is 23.2 Å². The van der Waals surface area contributed by atoms with Gasteiger partial charge in [-0.3, -0.25) is 0 Å². The predicted octanol–water partition coefficient (Wildman–Crippen LogP) is 1.94. The molecule has 1 spiro atoms. The lowest BCUT2D eigenvalue weighted by Gasteiger charge is -2.46. The largest absolute Gasteiger partial charge is 0.487 e. The van der Waals surface area contributed by atoms with E-state index in [1.54, 1.807) is 0 Å². The summed E-state index contributed by atoms with van der Waals surface area (Å²) in [4.78, 5) is 24.5. The molecule has 2 heterocycles. The Hall–Kier alpha value is -2.65. The van der Waals surface area contributed by atoms with Crippen molar-refractivity contribution in [1.82, 2.24) is 10.2 Å². The van der Waals surface area contributed by atoms with E-state index >= 15 is 0 Å². The molecule has 7 nitrogen and oxygen atoms in total. The second-order valence-electron chi connectivity index (χ2n) is 6.75. The molecule has 2 saturated heterocycles. The molecule has 0 aromatic heterocycles. The number of nitrogens with one attached hydrogen (secondary N) is 1. The molecule has 4 rings (SSSR count). The fourth-order valence-corrected chi connectivity index (χ4v) is 3.18. The molecule has 3 aliphatic rings. The first kappa shape index (κ1) is 16.8. The fraction of sp³-hybridized carbons (Fsp3) is 0.500. The number of carbonyl (C=O) groups is 2. The molecule has 1 N–H and O–H groups in total. The van der Waals surface area contributed by atoms with Gasteiger partial charge in [-0.2, -0.15) is 0 Å². The molecule has 1 aliphatic carbocycles. The van der Waals surface area contributed by atoms with Gasteiger partial charge in [0.1, 0.15) is 24.4 Å². The molecule has 3 fully saturated rings. The van der Waals surface area contributed by atoms with Gasteiger partial charge >= 0.3 is 12.2 Å². The molecule has 1 saturated carbocycles. The third kappa shape index (κ3) is 2.99. The Morgan fingerprint density at radius 1 is 1.15 bits per heavy atom. The minimum atomic E-state index is -1.29. The van der Waals surface area contributed by atoms with E-state index in [4.69, 9.17) is 14.2 Å². The molecular formula is C16H15F3N2O5. The third-order valence-electron chi connectivity index (χ3n) is 4.68. The first-order chi connectivity index (χ1) is 12.3. The van der Waals surface area contributed by atoms with Crippen LogP contribution in [-0.2, 0) is 9.47 Å². The molecule has 2 amide bonds. The second-order valence-corrected chi connectivity index (χ2v) is 6.75. The lowest BCUT2D eigenvalue weighted by atomic mass is 9.91. The van der Waals surface area contributed by atoms with Gasteiger partial charge < -0.3 is 24.4 Å². The lowest BCUT2D eigenvalue weighted by Crippen LogP contribution is -2.70. The average molecular weight is 372 g/mol. The van der Waals surface area contributed by atoms with Crippen molar-refractivity contribution in [3.8, 4) is 5.75 Å². The van der Waals surface area contributed by atoms with E-state index in [-0.39, 0.29) is 12.4 Å². The molecule has 1 aromatic carbocycles. The van der Waals surface area contributed by atoms with Crippen LogP contribution in [0.2, 0.25) is 0 Å². The summed E-state index contributed by atoms with van der Waals surface area (Å²) in [6.45, 7) is 0.837. The summed E-state index contributed by atoms with van der Waals surface area (Å²) in [5.41, 5.74) is -0.522. The van der Waals surface area contributed by atoms with Gasteiger partial charge in [0.25, 0.3) is 0 Å². The molecule has 10 heteroatoms. The predicted molar refractivity (Wildman–Crippen MR) is 79.0 cm³/mol. The van der Waals surface area contributed by atoms with Crippen molar-refractivity contribution < 1.29 is 37.0 Å². The third-order valence-corrected chi connectivity index (χ3v) is 4.68. The summed E-state index contributed by atoms with van der Waals surface area (Å²) in [6, 6.07) is 1.08. The molecule has 0 unspecified atom stereocenters. The van der Waals surface area contributed by atoms with E-state index < -0.39 is 47.4 Å². The maximum Gasteiger partial charge on any atom is 0.410 e. The zero-order valence-corrected chi connectivity index (χ0v) is 13.5. The van der Waals surface area contributed by atoms with Gasteiger partial charge in [-0.15, -0.1) is 0 Å².